The van der Waals surface area contributed by atoms with E-state index in [0.29, 0.717) is 15.9 Å². The van der Waals surface area contributed by atoms with Crippen LogP contribution in [0.3, 0.4) is 0 Å². The van der Waals surface area contributed by atoms with Gasteiger partial charge in [-0.1, -0.05) is 120 Å². The molecule has 0 aromatic heterocycles. The summed E-state index contributed by atoms with van der Waals surface area (Å²) in [7, 11) is -4.93. The Morgan fingerprint density at radius 3 is 1.31 bits per heavy atom. The largest absolute Gasteiger partial charge is 0.401 e. The second-order valence-corrected chi connectivity index (χ2v) is 39.3. The van der Waals surface area contributed by atoms with Gasteiger partial charge in [0.1, 0.15) is 0 Å². The van der Waals surface area contributed by atoms with Gasteiger partial charge in [-0.05, 0) is 74.9 Å². The molecular weight excluding hydrogens is 610 g/mol. The molecule has 3 aromatic carbocycles. The lowest BCUT2D eigenvalue weighted by Crippen LogP contribution is -2.86. The van der Waals surface area contributed by atoms with Crippen molar-refractivity contribution < 1.29 is 0 Å². The maximum atomic E-state index is 4.35. The Balaban J connectivity index is 2.04. The van der Waals surface area contributed by atoms with Crippen LogP contribution in [0.1, 0.15) is 33.4 Å². The summed E-state index contributed by atoms with van der Waals surface area (Å²) < 4.78 is 0. The van der Waals surface area contributed by atoms with Crippen LogP contribution in [0.2, 0.25) is 65.5 Å². The van der Waals surface area contributed by atoms with Gasteiger partial charge in [0, 0.05) is 32.9 Å². The first-order valence-corrected chi connectivity index (χ1v) is 30.4. The topological polar surface area (TPSA) is 18.5 Å². The Hall–Kier alpha value is -2.01. The first-order valence-electron chi connectivity index (χ1n) is 17.0. The second-order valence-electron chi connectivity index (χ2n) is 17.4. The monoisotopic (exact) mass is 670 g/mol. The third-order valence-corrected chi connectivity index (χ3v) is 35.1. The van der Waals surface area contributed by atoms with Gasteiger partial charge in [-0.2, -0.15) is 0 Å². The van der Waals surface area contributed by atoms with Crippen LogP contribution >= 0.6 is 0 Å². The quantitative estimate of drug-likeness (QED) is 0.241. The molecule has 45 heavy (non-hydrogen) atoms. The first-order chi connectivity index (χ1) is 20.6. The molecule has 0 aliphatic carbocycles. The van der Waals surface area contributed by atoms with Crippen LogP contribution in [-0.2, 0) is 0 Å². The van der Waals surface area contributed by atoms with Gasteiger partial charge in [-0.15, -0.1) is 0 Å². The first kappa shape index (κ1) is 35.8. The molecule has 1 saturated heterocycles. The average molecular weight is 671 g/mol. The van der Waals surface area contributed by atoms with Crippen LogP contribution in [0.5, 0.6) is 0 Å². The van der Waals surface area contributed by atoms with Gasteiger partial charge < -0.3 is 14.9 Å². The van der Waals surface area contributed by atoms with Crippen molar-refractivity contribution in [1.29, 1.82) is 0 Å². The van der Waals surface area contributed by atoms with E-state index in [4.69, 9.17) is 0 Å². The minimum Gasteiger partial charge on any atom is -0.401 e. The van der Waals surface area contributed by atoms with Crippen LogP contribution in [0.25, 0.3) is 0 Å². The highest BCUT2D eigenvalue weighted by Crippen LogP contribution is 2.45. The number of aryl methyl sites for hydroxylation is 6. The molecule has 3 atom stereocenters. The molecule has 0 bridgehead atoms. The zero-order chi connectivity index (χ0) is 33.9. The molecule has 1 aliphatic heterocycles. The van der Waals surface area contributed by atoms with E-state index in [2.05, 4.69) is 184 Å². The van der Waals surface area contributed by atoms with Crippen LogP contribution in [0, 0.1) is 41.5 Å². The van der Waals surface area contributed by atoms with Crippen molar-refractivity contribution in [3.05, 3.63) is 88.0 Å². The van der Waals surface area contributed by atoms with Crippen LogP contribution in [-0.4, -0.2) is 55.7 Å². The number of anilines is 3. The van der Waals surface area contributed by atoms with E-state index in [9.17, 15) is 0 Å². The normalized spacial score (nSPS) is 19.7. The van der Waals surface area contributed by atoms with Crippen molar-refractivity contribution in [2.24, 2.45) is 0 Å². The minimum atomic E-state index is -2.10. The highest BCUT2D eigenvalue weighted by atomic mass is 28.4. The molecule has 3 nitrogen and oxygen atoms in total. The molecule has 8 heteroatoms. The van der Waals surface area contributed by atoms with E-state index in [-0.39, 0.29) is 0 Å². The van der Waals surface area contributed by atoms with Crippen molar-refractivity contribution in [1.82, 2.24) is 0 Å². The summed E-state index contributed by atoms with van der Waals surface area (Å²) >= 11 is 0. The number of rotatable bonds is 8. The Labute approximate surface area is 281 Å². The third kappa shape index (κ3) is 6.72. The Morgan fingerprint density at radius 2 is 0.956 bits per heavy atom. The molecule has 0 amide bonds. The molecule has 0 unspecified atom stereocenters. The van der Waals surface area contributed by atoms with Crippen molar-refractivity contribution >= 4 is 56.9 Å². The van der Waals surface area contributed by atoms with E-state index in [0.717, 1.165) is 0 Å². The average Bonchev–Trinajstić information content (AvgIpc) is 2.85. The number of benzene rings is 3. The number of nitrogens with zero attached hydrogens (tertiary/aromatic N) is 2. The predicted octanol–water partition coefficient (Wildman–Crippen LogP) is 9.94. The molecule has 1 aliphatic rings. The summed E-state index contributed by atoms with van der Waals surface area (Å²) in [6.45, 7) is 40.6. The molecule has 1 radical (unpaired) electrons. The van der Waals surface area contributed by atoms with Crippen LogP contribution in [0.15, 0.2) is 54.6 Å². The van der Waals surface area contributed by atoms with Crippen LogP contribution in [0.4, 0.5) is 17.1 Å². The molecule has 1 N–H and O–H groups in total. The molecule has 3 aromatic rings. The van der Waals surface area contributed by atoms with Gasteiger partial charge in [0.15, 0.2) is 0 Å². The van der Waals surface area contributed by atoms with Gasteiger partial charge in [0.05, 0.1) is 32.3 Å². The highest BCUT2D eigenvalue weighted by molar-refractivity contribution is 7.12. The van der Waals surface area contributed by atoms with Crippen molar-refractivity contribution in [3.8, 4) is 0 Å². The van der Waals surface area contributed by atoms with Crippen molar-refractivity contribution in [3.63, 3.8) is 0 Å². The molecule has 0 saturated carbocycles. The predicted molar refractivity (Wildman–Crippen MR) is 215 cm³/mol. The Bertz CT molecular complexity index is 1470. The molecule has 4 rings (SSSR count). The molecule has 0 spiro atoms. The Kier molecular flexibility index (Phi) is 9.99. The fraction of sp³-hybridized carbons (Fsp3) is 0.514. The summed E-state index contributed by atoms with van der Waals surface area (Å²) in [6.07, 6.45) is 0. The zero-order valence-corrected chi connectivity index (χ0v) is 35.4. The lowest BCUT2D eigenvalue weighted by molar-refractivity contribution is 0.910. The highest BCUT2D eigenvalue weighted by Gasteiger charge is 2.62. The van der Waals surface area contributed by atoms with E-state index >= 15 is 0 Å². The summed E-state index contributed by atoms with van der Waals surface area (Å²) in [5, 5.41) is 5.96. The fourth-order valence-corrected chi connectivity index (χ4v) is 43.6. The van der Waals surface area contributed by atoms with Gasteiger partial charge >= 0.3 is 7.55 Å². The summed E-state index contributed by atoms with van der Waals surface area (Å²) in [5.41, 5.74) is 12.5. The number of hydrogen-bond acceptors (Lipinski definition) is 3. The van der Waals surface area contributed by atoms with E-state index in [1.165, 1.54) is 50.4 Å². The van der Waals surface area contributed by atoms with Gasteiger partial charge in [0.25, 0.3) is 0 Å². The number of hydrogen-bond donors (Lipinski definition) is 1. The summed E-state index contributed by atoms with van der Waals surface area (Å²) in [4.78, 5) is 5.66. The number of nitrogens with one attached hydrogen (secondary N) is 1. The summed E-state index contributed by atoms with van der Waals surface area (Å²) in [5.74, 6) is 0. The van der Waals surface area contributed by atoms with E-state index < -0.39 is 32.3 Å². The fourth-order valence-electron chi connectivity index (χ4n) is 9.65. The third-order valence-electron chi connectivity index (χ3n) is 10.5. The van der Waals surface area contributed by atoms with E-state index in [1.54, 1.807) is 0 Å². The van der Waals surface area contributed by atoms with Crippen molar-refractivity contribution in [2.75, 3.05) is 14.9 Å². The zero-order valence-electron chi connectivity index (χ0n) is 31.4. The second kappa shape index (κ2) is 12.5. The van der Waals surface area contributed by atoms with Gasteiger partial charge in [0.2, 0.25) is 0 Å². The molecule has 1 heterocycles. The smallest absolute Gasteiger partial charge is 0.390 e. The van der Waals surface area contributed by atoms with Gasteiger partial charge in [-0.25, -0.2) is 0 Å². The van der Waals surface area contributed by atoms with Crippen molar-refractivity contribution in [2.45, 2.75) is 123 Å². The summed E-state index contributed by atoms with van der Waals surface area (Å²) in [6, 6.07) is 20.5. The molecule has 243 valence electrons. The maximum absolute atomic E-state index is 4.35. The lowest BCUT2D eigenvalue weighted by atomic mass is 9.96. The number of para-hydroxylation sites is 3. The van der Waals surface area contributed by atoms with E-state index in [1.807, 2.05) is 0 Å². The van der Waals surface area contributed by atoms with Gasteiger partial charge in [-0.3, -0.25) is 0 Å². The Morgan fingerprint density at radius 1 is 0.600 bits per heavy atom. The lowest BCUT2D eigenvalue weighted by Gasteiger charge is -2.65. The minimum absolute atomic E-state index is 0.510. The molecular formula is C37H61BN3Si4. The standard InChI is InChI=1S/C37H61BN3Si4/c1-26-20-17-21-27(2)32(26)39-35(42(7,8)9)44(13,14)37-41(34-30(5)24-19-25-31(34)6)38-40(33-28(3)22-18-23-29(33)4)36(43(10,11)12)45(37,15)16/h17-25,35-37,39H,1-16H3/t35-,36-,37-/m0/s1. The SMILES string of the molecule is Cc1cccc(C)c1N[C@@H]([Si](C)(C)C)[Si](C)(C)[C@@H]1N(c2c(C)cccc2C)[B]N(c2c(C)cccc2C)[C@@H]([Si](C)(C)C)[Si]1(C)C. The van der Waals surface area contributed by atoms with Crippen LogP contribution < -0.4 is 14.9 Å². The maximum Gasteiger partial charge on any atom is 0.390 e. The molecule has 1 fully saturated rings.